The Morgan fingerprint density at radius 3 is 2.74 bits per heavy atom. The molecule has 0 spiro atoms. The minimum atomic E-state index is -1.30. The number of aliphatic hydroxyl groups is 3. The number of halogens is 1. The van der Waals surface area contributed by atoms with Crippen LogP contribution < -0.4 is 4.74 Å². The summed E-state index contributed by atoms with van der Waals surface area (Å²) in [5.74, 6) is 0.701. The first-order valence-corrected chi connectivity index (χ1v) is 9.19. The molecule has 8 nitrogen and oxygen atoms in total. The van der Waals surface area contributed by atoms with Crippen LogP contribution in [0.5, 0.6) is 5.75 Å². The predicted molar refractivity (Wildman–Crippen MR) is 99.0 cm³/mol. The molecule has 0 aliphatic carbocycles. The Hall–Kier alpha value is -2.04. The quantitative estimate of drug-likeness (QED) is 0.567. The summed E-state index contributed by atoms with van der Waals surface area (Å²) < 4.78 is 13.5. The lowest BCUT2D eigenvalue weighted by Gasteiger charge is -2.34. The van der Waals surface area contributed by atoms with E-state index in [9.17, 15) is 15.3 Å². The van der Waals surface area contributed by atoms with Gasteiger partial charge in [0.25, 0.3) is 0 Å². The van der Waals surface area contributed by atoms with E-state index >= 15 is 0 Å². The van der Waals surface area contributed by atoms with Crippen molar-refractivity contribution in [2.24, 2.45) is 0 Å². The summed E-state index contributed by atoms with van der Waals surface area (Å²) in [6.45, 7) is 0.0951. The number of nitrogens with zero attached hydrogens (tertiary/aromatic N) is 3. The highest BCUT2D eigenvalue weighted by molar-refractivity contribution is 9.10. The van der Waals surface area contributed by atoms with Crippen LogP contribution in [0, 0.1) is 0 Å². The molecule has 0 amide bonds. The Morgan fingerprint density at radius 1 is 1.11 bits per heavy atom. The van der Waals surface area contributed by atoms with Gasteiger partial charge in [-0.1, -0.05) is 33.3 Å². The largest absolute Gasteiger partial charge is 0.487 e. The van der Waals surface area contributed by atoms with Gasteiger partial charge in [0.2, 0.25) is 0 Å². The fraction of sp³-hybridized carbons (Fsp3) is 0.333. The number of rotatable bonds is 4. The van der Waals surface area contributed by atoms with Crippen molar-refractivity contribution >= 4 is 26.7 Å². The van der Waals surface area contributed by atoms with Crippen molar-refractivity contribution in [2.75, 3.05) is 6.61 Å². The third-order valence-corrected chi connectivity index (χ3v) is 4.95. The Bertz CT molecular complexity index is 950. The molecule has 4 atom stereocenters. The van der Waals surface area contributed by atoms with Crippen LogP contribution >= 0.6 is 15.9 Å². The maximum Gasteiger partial charge on any atom is 0.180 e. The van der Waals surface area contributed by atoms with Crippen LogP contribution in [0.15, 0.2) is 47.1 Å². The lowest BCUT2D eigenvalue weighted by Crippen LogP contribution is -2.50. The van der Waals surface area contributed by atoms with Crippen molar-refractivity contribution in [1.82, 2.24) is 15.0 Å². The van der Waals surface area contributed by atoms with Crippen LogP contribution in [0.25, 0.3) is 10.8 Å². The van der Waals surface area contributed by atoms with Gasteiger partial charge >= 0.3 is 0 Å². The van der Waals surface area contributed by atoms with E-state index in [2.05, 4.69) is 26.2 Å². The SMILES string of the molecule is OC1COC(n2cc(COc3ccc4cc(Br)ccc4c3)nn2)C(O)C1O. The number of aromatic nitrogens is 3. The summed E-state index contributed by atoms with van der Waals surface area (Å²) in [6, 6.07) is 11.8. The second-order valence-corrected chi connectivity index (χ2v) is 7.32. The standard InChI is InChI=1S/C18H18BrN3O5/c19-12-3-1-11-6-14(4-2-10(11)5-12)26-8-13-7-22(21-20-13)18-17(25)16(24)15(23)9-27-18/h1-7,15-18,23-25H,8-9H2. The molecule has 0 bridgehead atoms. The first-order valence-electron chi connectivity index (χ1n) is 8.40. The van der Waals surface area contributed by atoms with Gasteiger partial charge in [-0.05, 0) is 35.0 Å². The van der Waals surface area contributed by atoms with Crippen molar-refractivity contribution in [3.63, 3.8) is 0 Å². The molecule has 1 saturated heterocycles. The Labute approximate surface area is 163 Å². The molecule has 1 aliphatic rings. The molecule has 0 saturated carbocycles. The third-order valence-electron chi connectivity index (χ3n) is 4.45. The zero-order valence-corrected chi connectivity index (χ0v) is 15.7. The Balaban J connectivity index is 1.43. The highest BCUT2D eigenvalue weighted by Crippen LogP contribution is 2.25. The van der Waals surface area contributed by atoms with Gasteiger partial charge < -0.3 is 24.8 Å². The second-order valence-electron chi connectivity index (χ2n) is 6.40. The average molecular weight is 436 g/mol. The Morgan fingerprint density at radius 2 is 1.89 bits per heavy atom. The van der Waals surface area contributed by atoms with E-state index in [1.807, 2.05) is 36.4 Å². The number of ether oxygens (including phenoxy) is 2. The average Bonchev–Trinajstić information content (AvgIpc) is 3.13. The van der Waals surface area contributed by atoms with Crippen LogP contribution in [0.1, 0.15) is 11.9 Å². The van der Waals surface area contributed by atoms with Gasteiger partial charge in [-0.15, -0.1) is 5.10 Å². The van der Waals surface area contributed by atoms with Crippen LogP contribution in [0.2, 0.25) is 0 Å². The fourth-order valence-electron chi connectivity index (χ4n) is 2.97. The summed E-state index contributed by atoms with van der Waals surface area (Å²) in [5, 5.41) is 39.4. The van der Waals surface area contributed by atoms with Crippen LogP contribution in [-0.4, -0.2) is 55.2 Å². The fourth-order valence-corrected chi connectivity index (χ4v) is 3.35. The summed E-state index contributed by atoms with van der Waals surface area (Å²) in [7, 11) is 0. The Kier molecular flexibility index (Phi) is 5.11. The smallest absolute Gasteiger partial charge is 0.180 e. The van der Waals surface area contributed by atoms with Crippen molar-refractivity contribution in [3.8, 4) is 5.75 Å². The van der Waals surface area contributed by atoms with Gasteiger partial charge in [-0.2, -0.15) is 0 Å². The molecule has 2 aromatic carbocycles. The normalized spacial score (nSPS) is 25.6. The van der Waals surface area contributed by atoms with E-state index in [4.69, 9.17) is 9.47 Å². The highest BCUT2D eigenvalue weighted by Gasteiger charge is 2.39. The number of fused-ring (bicyclic) bond motifs is 1. The van der Waals surface area contributed by atoms with Crippen molar-refractivity contribution < 1.29 is 24.8 Å². The van der Waals surface area contributed by atoms with Crippen LogP contribution in [-0.2, 0) is 11.3 Å². The molecule has 4 unspecified atom stereocenters. The van der Waals surface area contributed by atoms with E-state index in [1.54, 1.807) is 6.20 Å². The van der Waals surface area contributed by atoms with Crippen molar-refractivity contribution in [1.29, 1.82) is 0 Å². The zero-order chi connectivity index (χ0) is 19.0. The molecule has 0 radical (unpaired) electrons. The molecule has 27 heavy (non-hydrogen) atoms. The van der Waals surface area contributed by atoms with Gasteiger partial charge in [0, 0.05) is 4.47 Å². The van der Waals surface area contributed by atoms with E-state index in [-0.39, 0.29) is 13.2 Å². The summed E-state index contributed by atoms with van der Waals surface area (Å²) in [5.41, 5.74) is 0.544. The van der Waals surface area contributed by atoms with E-state index in [0.717, 1.165) is 15.2 Å². The molecular formula is C18H18BrN3O5. The van der Waals surface area contributed by atoms with Crippen LogP contribution in [0.4, 0.5) is 0 Å². The number of aliphatic hydroxyl groups excluding tert-OH is 3. The molecular weight excluding hydrogens is 418 g/mol. The zero-order valence-electron chi connectivity index (χ0n) is 14.1. The molecule has 9 heteroatoms. The van der Waals surface area contributed by atoms with Gasteiger partial charge in [0.05, 0.1) is 12.8 Å². The van der Waals surface area contributed by atoms with E-state index in [0.29, 0.717) is 11.4 Å². The molecule has 2 heterocycles. The maximum atomic E-state index is 10.0. The molecule has 3 aromatic rings. The lowest BCUT2D eigenvalue weighted by atomic mass is 10.0. The second kappa shape index (κ2) is 7.53. The minimum Gasteiger partial charge on any atom is -0.487 e. The summed E-state index contributed by atoms with van der Waals surface area (Å²) >= 11 is 3.45. The highest BCUT2D eigenvalue weighted by atomic mass is 79.9. The van der Waals surface area contributed by atoms with Gasteiger partial charge in [0.1, 0.15) is 36.4 Å². The number of hydrogen-bond acceptors (Lipinski definition) is 7. The van der Waals surface area contributed by atoms with Crippen molar-refractivity contribution in [3.05, 3.63) is 52.8 Å². The van der Waals surface area contributed by atoms with E-state index < -0.39 is 24.5 Å². The number of benzene rings is 2. The monoisotopic (exact) mass is 435 g/mol. The minimum absolute atomic E-state index is 0.0954. The van der Waals surface area contributed by atoms with Crippen LogP contribution in [0.3, 0.4) is 0 Å². The van der Waals surface area contributed by atoms with Gasteiger partial charge in [0.15, 0.2) is 6.23 Å². The first kappa shape index (κ1) is 18.3. The molecule has 1 fully saturated rings. The molecule has 142 valence electrons. The van der Waals surface area contributed by atoms with Gasteiger partial charge in [-0.25, -0.2) is 4.68 Å². The van der Waals surface area contributed by atoms with E-state index in [1.165, 1.54) is 4.68 Å². The maximum absolute atomic E-state index is 10.0. The molecule has 1 aliphatic heterocycles. The van der Waals surface area contributed by atoms with Gasteiger partial charge in [-0.3, -0.25) is 0 Å². The molecule has 4 rings (SSSR count). The molecule has 3 N–H and O–H groups in total. The molecule has 1 aromatic heterocycles. The van der Waals surface area contributed by atoms with Crippen molar-refractivity contribution in [2.45, 2.75) is 31.1 Å². The third kappa shape index (κ3) is 3.83. The first-order chi connectivity index (χ1) is 13.0. The summed E-state index contributed by atoms with van der Waals surface area (Å²) in [6.07, 6.45) is -3.06. The predicted octanol–water partition coefficient (Wildman–Crippen LogP) is 1.38. The summed E-state index contributed by atoms with van der Waals surface area (Å²) in [4.78, 5) is 0. The topological polar surface area (TPSA) is 110 Å². The lowest BCUT2D eigenvalue weighted by molar-refractivity contribution is -0.214. The number of hydrogen-bond donors (Lipinski definition) is 3.